The van der Waals surface area contributed by atoms with Gasteiger partial charge in [0.05, 0.1) is 0 Å². The Kier molecular flexibility index (Phi) is 3.83. The van der Waals surface area contributed by atoms with Crippen LogP contribution in [0.25, 0.3) is 0 Å². The van der Waals surface area contributed by atoms with Gasteiger partial charge in [0, 0.05) is 12.3 Å². The minimum atomic E-state index is -4.70. The van der Waals surface area contributed by atoms with Gasteiger partial charge in [-0.3, -0.25) is 4.57 Å². The van der Waals surface area contributed by atoms with Crippen molar-refractivity contribution >= 4 is 15.2 Å². The lowest BCUT2D eigenvalue weighted by molar-refractivity contribution is 0.342. The van der Waals surface area contributed by atoms with Gasteiger partial charge in [-0.25, -0.2) is 4.57 Å². The van der Waals surface area contributed by atoms with Crippen LogP contribution >= 0.6 is 15.2 Å². The van der Waals surface area contributed by atoms with E-state index in [9.17, 15) is 14.0 Å². The Hall–Kier alpha value is -0.780. The average Bonchev–Trinajstić information content (AvgIpc) is 2.16. The van der Waals surface area contributed by atoms with Crippen LogP contribution in [0.3, 0.4) is 0 Å². The van der Waals surface area contributed by atoms with Crippen molar-refractivity contribution in [1.29, 1.82) is 0 Å². The molecular weight excluding hydrogens is 258 g/mol. The predicted molar refractivity (Wildman–Crippen MR) is 54.0 cm³/mol. The zero-order valence-electron chi connectivity index (χ0n) is 8.16. The van der Waals surface area contributed by atoms with Crippen LogP contribution in [0, 0.1) is 0 Å². The molecule has 2 unspecified atom stereocenters. The van der Waals surface area contributed by atoms with Crippen molar-refractivity contribution in [2.45, 2.75) is 12.3 Å². The summed E-state index contributed by atoms with van der Waals surface area (Å²) in [5, 5.41) is 4.94. The Morgan fingerprint density at radius 1 is 1.38 bits per heavy atom. The molecule has 0 saturated heterocycles. The summed E-state index contributed by atoms with van der Waals surface area (Å²) >= 11 is 0. The van der Waals surface area contributed by atoms with E-state index >= 15 is 0 Å². The van der Waals surface area contributed by atoms with E-state index in [1.54, 1.807) is 0 Å². The van der Waals surface area contributed by atoms with Crippen LogP contribution in [0.4, 0.5) is 0 Å². The van der Waals surface area contributed by atoms with Gasteiger partial charge in [0.25, 0.3) is 0 Å². The first-order valence-corrected chi connectivity index (χ1v) is 7.41. The zero-order chi connectivity index (χ0) is 12.4. The molecule has 0 aliphatic heterocycles. The van der Waals surface area contributed by atoms with Crippen LogP contribution in [0.2, 0.25) is 0 Å². The van der Waals surface area contributed by atoms with Crippen molar-refractivity contribution in [3.05, 3.63) is 18.3 Å². The van der Waals surface area contributed by atoms with E-state index in [4.69, 9.17) is 9.79 Å². The smallest absolute Gasteiger partial charge is 0.392 e. The Labute approximate surface area is 91.0 Å². The summed E-state index contributed by atoms with van der Waals surface area (Å²) in [6.07, 6.45) is 1.32. The van der Waals surface area contributed by atoms with Crippen LogP contribution in [0.5, 0.6) is 5.88 Å². The van der Waals surface area contributed by atoms with E-state index in [1.807, 2.05) is 0 Å². The fraction of sp³-hybridized carbons (Fsp3) is 0.333. The molecule has 0 bridgehead atoms. The third kappa shape index (κ3) is 3.37. The molecule has 3 N–H and O–H groups in total. The second kappa shape index (κ2) is 4.61. The van der Waals surface area contributed by atoms with Gasteiger partial charge in [-0.2, -0.15) is 5.10 Å². The molecule has 0 spiro atoms. The zero-order valence-corrected chi connectivity index (χ0v) is 9.95. The van der Waals surface area contributed by atoms with Gasteiger partial charge in [-0.15, -0.1) is 5.10 Å². The van der Waals surface area contributed by atoms with E-state index < -0.39 is 20.6 Å². The summed E-state index contributed by atoms with van der Waals surface area (Å²) in [5.74, 6) is -0.270. The number of aromatic nitrogens is 2. The molecular formula is C6H10N2O6P2. The normalized spacial score (nSPS) is 17.5. The molecule has 0 aromatic carbocycles. The largest absolute Gasteiger partial charge is 0.404 e. The average molecular weight is 268 g/mol. The first-order valence-electron chi connectivity index (χ1n) is 4.08. The molecule has 10 heteroatoms. The molecule has 0 saturated carbocycles. The van der Waals surface area contributed by atoms with Crippen molar-refractivity contribution < 1.29 is 28.3 Å². The SMILES string of the molecule is CC(P(=O)(O)O)P(=O)(O)Oc1cccnn1. The molecule has 90 valence electrons. The molecule has 0 aliphatic carbocycles. The summed E-state index contributed by atoms with van der Waals surface area (Å²) in [5.41, 5.74) is 0. The molecule has 0 aliphatic rings. The molecule has 0 radical (unpaired) electrons. The highest BCUT2D eigenvalue weighted by Crippen LogP contribution is 2.61. The highest BCUT2D eigenvalue weighted by molar-refractivity contribution is 7.71. The predicted octanol–water partition coefficient (Wildman–Crippen LogP) is 0.564. The second-order valence-electron chi connectivity index (χ2n) is 2.94. The molecule has 8 nitrogen and oxygen atoms in total. The fourth-order valence-corrected chi connectivity index (χ4v) is 2.92. The van der Waals surface area contributed by atoms with Crippen LogP contribution in [0.1, 0.15) is 6.92 Å². The number of hydrogen-bond donors (Lipinski definition) is 3. The second-order valence-corrected chi connectivity index (χ2v) is 7.38. The molecule has 1 aromatic rings. The van der Waals surface area contributed by atoms with E-state index in [2.05, 4.69) is 14.7 Å². The van der Waals surface area contributed by atoms with E-state index in [-0.39, 0.29) is 5.88 Å². The first kappa shape index (κ1) is 13.3. The number of nitrogens with zero attached hydrogens (tertiary/aromatic N) is 2. The molecule has 2 atom stereocenters. The Bertz CT molecular complexity index is 446. The van der Waals surface area contributed by atoms with Gasteiger partial charge < -0.3 is 19.2 Å². The maximum Gasteiger partial charge on any atom is 0.392 e. The van der Waals surface area contributed by atoms with Crippen LogP contribution < -0.4 is 4.52 Å². The van der Waals surface area contributed by atoms with Crippen LogP contribution in [-0.4, -0.2) is 30.3 Å². The molecule has 1 heterocycles. The van der Waals surface area contributed by atoms with Gasteiger partial charge in [0.15, 0.2) is 5.40 Å². The van der Waals surface area contributed by atoms with Gasteiger partial charge in [-0.05, 0) is 13.0 Å². The van der Waals surface area contributed by atoms with Crippen LogP contribution in [0.15, 0.2) is 18.3 Å². The van der Waals surface area contributed by atoms with E-state index in [0.717, 1.165) is 6.92 Å². The van der Waals surface area contributed by atoms with Gasteiger partial charge in [-0.1, -0.05) is 0 Å². The number of rotatable bonds is 4. The quantitative estimate of drug-likeness (QED) is 0.675. The monoisotopic (exact) mass is 268 g/mol. The molecule has 0 amide bonds. The highest BCUT2D eigenvalue weighted by atomic mass is 31.2. The van der Waals surface area contributed by atoms with Crippen molar-refractivity contribution in [3.63, 3.8) is 0 Å². The maximum absolute atomic E-state index is 11.5. The van der Waals surface area contributed by atoms with Gasteiger partial charge in [0.1, 0.15) is 0 Å². The Morgan fingerprint density at radius 2 is 2.00 bits per heavy atom. The molecule has 0 fully saturated rings. The van der Waals surface area contributed by atoms with E-state index in [1.165, 1.54) is 18.3 Å². The standard InChI is InChI=1S/C6H10N2O6P2/c1-5(15(9,10)11)16(12,13)14-6-3-2-4-7-8-6/h2-5H,1H3,(H,12,13)(H2,9,10,11). The van der Waals surface area contributed by atoms with E-state index in [0.29, 0.717) is 0 Å². The molecule has 1 rings (SSSR count). The Balaban J connectivity index is 2.89. The van der Waals surface area contributed by atoms with Gasteiger partial charge >= 0.3 is 15.2 Å². The first-order chi connectivity index (χ1) is 7.23. The lowest BCUT2D eigenvalue weighted by Crippen LogP contribution is -2.09. The van der Waals surface area contributed by atoms with Crippen molar-refractivity contribution in [2.24, 2.45) is 0 Å². The summed E-state index contributed by atoms with van der Waals surface area (Å²) in [6, 6.07) is 2.66. The highest BCUT2D eigenvalue weighted by Gasteiger charge is 2.43. The summed E-state index contributed by atoms with van der Waals surface area (Å²) < 4.78 is 26.9. The summed E-state index contributed by atoms with van der Waals surface area (Å²) in [6.45, 7) is 0.928. The van der Waals surface area contributed by atoms with Crippen molar-refractivity contribution in [3.8, 4) is 5.88 Å². The fourth-order valence-electron chi connectivity index (χ4n) is 0.736. The minimum Gasteiger partial charge on any atom is -0.404 e. The van der Waals surface area contributed by atoms with Gasteiger partial charge in [0.2, 0.25) is 5.88 Å². The number of hydrogen-bond acceptors (Lipinski definition) is 5. The summed E-state index contributed by atoms with van der Waals surface area (Å²) in [7, 11) is -9.19. The maximum atomic E-state index is 11.5. The third-order valence-corrected chi connectivity index (χ3v) is 5.88. The topological polar surface area (TPSA) is 130 Å². The van der Waals surface area contributed by atoms with Crippen LogP contribution in [-0.2, 0) is 9.13 Å². The minimum absolute atomic E-state index is 0.270. The lowest BCUT2D eigenvalue weighted by atomic mass is 10.6. The lowest BCUT2D eigenvalue weighted by Gasteiger charge is -2.19. The third-order valence-electron chi connectivity index (χ3n) is 1.73. The summed E-state index contributed by atoms with van der Waals surface area (Å²) in [4.78, 5) is 26.9. The molecule has 16 heavy (non-hydrogen) atoms. The molecule has 1 aromatic heterocycles. The van der Waals surface area contributed by atoms with Crippen molar-refractivity contribution in [2.75, 3.05) is 0 Å². The van der Waals surface area contributed by atoms with Crippen molar-refractivity contribution in [1.82, 2.24) is 10.2 Å². The Morgan fingerprint density at radius 3 is 2.44 bits per heavy atom.